The van der Waals surface area contributed by atoms with Crippen LogP contribution >= 0.6 is 0 Å². The molecule has 0 atom stereocenters. The zero-order chi connectivity index (χ0) is 28.7. The van der Waals surface area contributed by atoms with E-state index < -0.39 is 23.7 Å². The number of hydrogen-bond donors (Lipinski definition) is 0. The third-order valence-corrected chi connectivity index (χ3v) is 9.49. The second-order valence-electron chi connectivity index (χ2n) is 12.4. The van der Waals surface area contributed by atoms with E-state index in [0.717, 1.165) is 28.1 Å². The Morgan fingerprint density at radius 1 is 0.476 bits per heavy atom. The predicted octanol–water partition coefficient (Wildman–Crippen LogP) is 8.25. The Balaban J connectivity index is 1.31. The Labute approximate surface area is 247 Å². The molecular formula is C37H31BO4. The second kappa shape index (κ2) is 8.84. The van der Waals surface area contributed by atoms with Gasteiger partial charge in [0, 0.05) is 0 Å². The lowest BCUT2D eigenvalue weighted by Gasteiger charge is -2.34. The molecule has 0 saturated carbocycles. The van der Waals surface area contributed by atoms with Gasteiger partial charge in [-0.2, -0.15) is 0 Å². The highest BCUT2D eigenvalue weighted by molar-refractivity contribution is 6.62. The molecule has 0 spiro atoms. The lowest BCUT2D eigenvalue weighted by Crippen LogP contribution is -2.41. The van der Waals surface area contributed by atoms with Gasteiger partial charge in [-0.25, -0.2) is 0 Å². The second-order valence-corrected chi connectivity index (χ2v) is 12.4. The average molecular weight is 550 g/mol. The van der Waals surface area contributed by atoms with Crippen molar-refractivity contribution in [1.29, 1.82) is 0 Å². The number of ether oxygens (including phenoxy) is 2. The molecule has 2 heterocycles. The van der Waals surface area contributed by atoms with Gasteiger partial charge in [0.25, 0.3) is 0 Å². The van der Waals surface area contributed by atoms with Crippen LogP contribution in [0, 0.1) is 0 Å². The maximum Gasteiger partial charge on any atom is 0.494 e. The molecule has 0 bridgehead atoms. The van der Waals surface area contributed by atoms with Crippen molar-refractivity contribution >= 4 is 12.6 Å². The fraction of sp³-hybridized carbons (Fsp3) is 0.189. The number of para-hydroxylation sites is 2. The molecule has 0 N–H and O–H groups in total. The van der Waals surface area contributed by atoms with Crippen LogP contribution < -0.4 is 14.9 Å². The first-order chi connectivity index (χ1) is 20.3. The SMILES string of the molecule is CC1(C)OB(c2ccc(C3(c4ccc5c(c4)Oc4ccccc4O5)c4ccccc4-c4ccccc43)cc2)OC1(C)C. The van der Waals surface area contributed by atoms with Gasteiger partial charge in [0.1, 0.15) is 0 Å². The Bertz CT molecular complexity index is 1800. The maximum absolute atomic E-state index is 6.40. The van der Waals surface area contributed by atoms with Crippen LogP contribution in [0.25, 0.3) is 11.1 Å². The highest BCUT2D eigenvalue weighted by Crippen LogP contribution is 2.57. The first kappa shape index (κ1) is 25.4. The maximum atomic E-state index is 6.40. The standard InChI is InChI=1S/C37H31BO4/c1-35(2)36(3,4)42-38(41-35)26-20-17-24(18-21-26)37(29-13-7-5-11-27(29)28-12-6-8-14-30(28)37)25-19-22-33-34(23-25)40-32-16-10-9-15-31(32)39-33/h5-23H,1-4H3. The molecule has 0 amide bonds. The van der Waals surface area contributed by atoms with E-state index in [-0.39, 0.29) is 0 Å². The minimum atomic E-state index is -0.559. The van der Waals surface area contributed by atoms with E-state index in [1.165, 1.54) is 22.3 Å². The van der Waals surface area contributed by atoms with Crippen LogP contribution in [0.15, 0.2) is 115 Å². The summed E-state index contributed by atoms with van der Waals surface area (Å²) in [5.74, 6) is 2.86. The summed E-state index contributed by atoms with van der Waals surface area (Å²) < 4.78 is 25.4. The molecule has 5 heteroatoms. The number of fused-ring (bicyclic) bond motifs is 5. The van der Waals surface area contributed by atoms with Crippen LogP contribution in [0.4, 0.5) is 0 Å². The van der Waals surface area contributed by atoms with Gasteiger partial charge in [0.05, 0.1) is 16.6 Å². The Kier molecular flexibility index (Phi) is 5.35. The van der Waals surface area contributed by atoms with Crippen molar-refractivity contribution in [1.82, 2.24) is 0 Å². The van der Waals surface area contributed by atoms with E-state index in [9.17, 15) is 0 Å². The van der Waals surface area contributed by atoms with Crippen molar-refractivity contribution in [3.8, 4) is 34.1 Å². The molecule has 5 aromatic carbocycles. The molecule has 0 aromatic heterocycles. The lowest BCUT2D eigenvalue weighted by molar-refractivity contribution is 0.00578. The quantitative estimate of drug-likeness (QED) is 0.208. The topological polar surface area (TPSA) is 36.9 Å². The molecule has 1 fully saturated rings. The average Bonchev–Trinajstić information content (AvgIpc) is 3.42. The minimum Gasteiger partial charge on any atom is -0.450 e. The Morgan fingerprint density at radius 3 is 1.55 bits per heavy atom. The minimum absolute atomic E-state index is 0.398. The summed E-state index contributed by atoms with van der Waals surface area (Å²) in [5, 5.41) is 0. The number of hydrogen-bond acceptors (Lipinski definition) is 4. The zero-order valence-electron chi connectivity index (χ0n) is 24.2. The molecule has 5 aromatic rings. The summed E-state index contributed by atoms with van der Waals surface area (Å²) >= 11 is 0. The van der Waals surface area contributed by atoms with E-state index in [0.29, 0.717) is 11.5 Å². The van der Waals surface area contributed by atoms with Crippen LogP contribution in [-0.4, -0.2) is 18.3 Å². The summed E-state index contributed by atoms with van der Waals surface area (Å²) in [5.41, 5.74) is 6.89. The van der Waals surface area contributed by atoms with Gasteiger partial charge in [-0.1, -0.05) is 91.0 Å². The van der Waals surface area contributed by atoms with Crippen molar-refractivity contribution in [2.75, 3.05) is 0 Å². The van der Waals surface area contributed by atoms with Crippen molar-refractivity contribution < 1.29 is 18.8 Å². The summed E-state index contributed by atoms with van der Waals surface area (Å²) in [6.45, 7) is 8.35. The van der Waals surface area contributed by atoms with Gasteiger partial charge in [0.15, 0.2) is 23.0 Å². The monoisotopic (exact) mass is 550 g/mol. The first-order valence-corrected chi connectivity index (χ1v) is 14.5. The van der Waals surface area contributed by atoms with Gasteiger partial charge in [-0.05, 0) is 90.8 Å². The van der Waals surface area contributed by atoms with Crippen LogP contribution in [0.5, 0.6) is 23.0 Å². The molecule has 206 valence electrons. The molecule has 8 rings (SSSR count). The molecule has 0 unspecified atom stereocenters. The van der Waals surface area contributed by atoms with Gasteiger partial charge in [0.2, 0.25) is 0 Å². The van der Waals surface area contributed by atoms with Gasteiger partial charge in [-0.15, -0.1) is 0 Å². The predicted molar refractivity (Wildman–Crippen MR) is 166 cm³/mol. The highest BCUT2D eigenvalue weighted by atomic mass is 16.7. The molecule has 42 heavy (non-hydrogen) atoms. The molecule has 1 aliphatic carbocycles. The van der Waals surface area contributed by atoms with Crippen molar-refractivity contribution in [2.45, 2.75) is 44.3 Å². The molecular weight excluding hydrogens is 519 g/mol. The van der Waals surface area contributed by atoms with Crippen LogP contribution in [0.3, 0.4) is 0 Å². The van der Waals surface area contributed by atoms with Gasteiger partial charge >= 0.3 is 7.12 Å². The van der Waals surface area contributed by atoms with Gasteiger partial charge < -0.3 is 18.8 Å². The normalized spacial score (nSPS) is 18.2. The van der Waals surface area contributed by atoms with Gasteiger partial charge in [-0.3, -0.25) is 0 Å². The van der Waals surface area contributed by atoms with E-state index in [2.05, 4.69) is 113 Å². The Hall–Kier alpha value is -4.32. The highest BCUT2D eigenvalue weighted by Gasteiger charge is 2.52. The van der Waals surface area contributed by atoms with E-state index >= 15 is 0 Å². The summed E-state index contributed by atoms with van der Waals surface area (Å²) in [7, 11) is -0.419. The van der Waals surface area contributed by atoms with Crippen LogP contribution in [0.2, 0.25) is 0 Å². The van der Waals surface area contributed by atoms with E-state index in [1.54, 1.807) is 0 Å². The summed E-state index contributed by atoms with van der Waals surface area (Å²) in [6.07, 6.45) is 0. The third kappa shape index (κ3) is 3.50. The molecule has 2 aliphatic heterocycles. The fourth-order valence-corrected chi connectivity index (χ4v) is 6.65. The van der Waals surface area contributed by atoms with Crippen molar-refractivity contribution in [3.05, 3.63) is 138 Å². The van der Waals surface area contributed by atoms with Crippen molar-refractivity contribution in [3.63, 3.8) is 0 Å². The lowest BCUT2D eigenvalue weighted by atomic mass is 9.66. The van der Waals surface area contributed by atoms with Crippen LogP contribution in [-0.2, 0) is 14.7 Å². The van der Waals surface area contributed by atoms with E-state index in [4.69, 9.17) is 18.8 Å². The fourth-order valence-electron chi connectivity index (χ4n) is 6.65. The first-order valence-electron chi connectivity index (χ1n) is 14.5. The largest absolute Gasteiger partial charge is 0.494 e. The molecule has 1 saturated heterocycles. The summed E-state index contributed by atoms with van der Waals surface area (Å²) in [6, 6.07) is 40.4. The Morgan fingerprint density at radius 2 is 0.952 bits per heavy atom. The van der Waals surface area contributed by atoms with Crippen LogP contribution in [0.1, 0.15) is 49.9 Å². The van der Waals surface area contributed by atoms with Crippen molar-refractivity contribution in [2.24, 2.45) is 0 Å². The number of rotatable bonds is 3. The van der Waals surface area contributed by atoms with E-state index in [1.807, 2.05) is 30.3 Å². The zero-order valence-corrected chi connectivity index (χ0v) is 24.2. The summed E-state index contributed by atoms with van der Waals surface area (Å²) in [4.78, 5) is 0. The third-order valence-electron chi connectivity index (χ3n) is 9.49. The molecule has 4 nitrogen and oxygen atoms in total. The smallest absolute Gasteiger partial charge is 0.450 e. The molecule has 0 radical (unpaired) electrons. The molecule has 3 aliphatic rings. The number of benzene rings is 5.